The van der Waals surface area contributed by atoms with Crippen LogP contribution in [0.1, 0.15) is 18.9 Å². The van der Waals surface area contributed by atoms with Crippen LogP contribution in [0.5, 0.6) is 5.75 Å². The van der Waals surface area contributed by atoms with Crippen molar-refractivity contribution in [2.24, 2.45) is 0 Å². The molecule has 1 aromatic carbocycles. The topological polar surface area (TPSA) is 55.8 Å². The molecule has 0 bridgehead atoms. The summed E-state index contributed by atoms with van der Waals surface area (Å²) < 4.78 is 10.1. The second-order valence-corrected chi connectivity index (χ2v) is 4.69. The molecule has 1 aromatic rings. The van der Waals surface area contributed by atoms with Crippen molar-refractivity contribution >= 4 is 11.8 Å². The molecule has 0 fully saturated rings. The highest BCUT2D eigenvalue weighted by molar-refractivity contribution is 5.94. The summed E-state index contributed by atoms with van der Waals surface area (Å²) in [6, 6.07) is 7.82. The molecule has 0 unspecified atom stereocenters. The van der Waals surface area contributed by atoms with E-state index >= 15 is 0 Å². The SMILES string of the molecule is COc1ccc(CN(C)CCOC(=O)CC(C)=O)cc1. The number of likely N-dealkylation sites (N-methyl/N-ethyl adjacent to an activating group) is 1. The van der Waals surface area contributed by atoms with Crippen LogP contribution in [-0.2, 0) is 20.9 Å². The molecule has 5 nitrogen and oxygen atoms in total. The Balaban J connectivity index is 2.27. The average molecular weight is 279 g/mol. The first-order valence-corrected chi connectivity index (χ1v) is 6.48. The van der Waals surface area contributed by atoms with E-state index in [-0.39, 0.29) is 12.2 Å². The molecule has 0 aromatic heterocycles. The second kappa shape index (κ2) is 8.32. The first-order valence-electron chi connectivity index (χ1n) is 6.48. The lowest BCUT2D eigenvalue weighted by Crippen LogP contribution is -2.24. The van der Waals surface area contributed by atoms with Crippen LogP contribution in [0.2, 0.25) is 0 Å². The van der Waals surface area contributed by atoms with Gasteiger partial charge in [0.2, 0.25) is 0 Å². The Morgan fingerprint density at radius 3 is 2.40 bits per heavy atom. The number of carbonyl (C=O) groups excluding carboxylic acids is 2. The van der Waals surface area contributed by atoms with Crippen molar-refractivity contribution in [1.82, 2.24) is 4.90 Å². The summed E-state index contributed by atoms with van der Waals surface area (Å²) in [4.78, 5) is 24.0. The summed E-state index contributed by atoms with van der Waals surface area (Å²) in [6.07, 6.45) is -0.151. The summed E-state index contributed by atoms with van der Waals surface area (Å²) in [6.45, 7) is 3.04. The Labute approximate surface area is 119 Å². The Kier molecular flexibility index (Phi) is 6.73. The van der Waals surface area contributed by atoms with E-state index in [1.807, 2.05) is 36.2 Å². The van der Waals surface area contributed by atoms with Gasteiger partial charge in [-0.25, -0.2) is 0 Å². The summed E-state index contributed by atoms with van der Waals surface area (Å²) >= 11 is 0. The largest absolute Gasteiger partial charge is 0.497 e. The fraction of sp³-hybridized carbons (Fsp3) is 0.467. The Hall–Kier alpha value is -1.88. The number of esters is 1. The highest BCUT2D eigenvalue weighted by Gasteiger charge is 2.07. The van der Waals surface area contributed by atoms with Gasteiger partial charge in [-0.05, 0) is 31.7 Å². The van der Waals surface area contributed by atoms with Gasteiger partial charge in [0, 0.05) is 13.1 Å². The molecule has 0 saturated carbocycles. The van der Waals surface area contributed by atoms with E-state index in [0.29, 0.717) is 13.2 Å². The van der Waals surface area contributed by atoms with Crippen LogP contribution >= 0.6 is 0 Å². The molecule has 0 atom stereocenters. The third-order valence-electron chi connectivity index (χ3n) is 2.74. The molecule has 20 heavy (non-hydrogen) atoms. The molecule has 0 N–H and O–H groups in total. The number of hydrogen-bond donors (Lipinski definition) is 0. The molecule has 1 rings (SSSR count). The van der Waals surface area contributed by atoms with Gasteiger partial charge >= 0.3 is 5.97 Å². The maximum absolute atomic E-state index is 11.2. The maximum atomic E-state index is 11.2. The van der Waals surface area contributed by atoms with Crippen molar-refractivity contribution in [1.29, 1.82) is 0 Å². The highest BCUT2D eigenvalue weighted by Crippen LogP contribution is 2.12. The van der Waals surface area contributed by atoms with Crippen LogP contribution in [-0.4, -0.2) is 44.0 Å². The predicted octanol–water partition coefficient (Wildman–Crippen LogP) is 1.65. The zero-order valence-electron chi connectivity index (χ0n) is 12.2. The average Bonchev–Trinajstić information content (AvgIpc) is 2.38. The number of ether oxygens (including phenoxy) is 2. The Bertz CT molecular complexity index is 442. The highest BCUT2D eigenvalue weighted by atomic mass is 16.5. The third-order valence-corrected chi connectivity index (χ3v) is 2.74. The maximum Gasteiger partial charge on any atom is 0.313 e. The van der Waals surface area contributed by atoms with Gasteiger partial charge in [0.1, 0.15) is 24.6 Å². The lowest BCUT2D eigenvalue weighted by Gasteiger charge is -2.16. The van der Waals surface area contributed by atoms with Crippen LogP contribution in [0.3, 0.4) is 0 Å². The van der Waals surface area contributed by atoms with Crippen LogP contribution in [0.4, 0.5) is 0 Å². The lowest BCUT2D eigenvalue weighted by molar-refractivity contribution is -0.146. The molecule has 5 heteroatoms. The lowest BCUT2D eigenvalue weighted by atomic mass is 10.2. The van der Waals surface area contributed by atoms with Gasteiger partial charge in [-0.2, -0.15) is 0 Å². The van der Waals surface area contributed by atoms with E-state index in [1.54, 1.807) is 7.11 Å². The van der Waals surface area contributed by atoms with Crippen molar-refractivity contribution in [2.75, 3.05) is 27.3 Å². The quantitative estimate of drug-likeness (QED) is 0.535. The van der Waals surface area contributed by atoms with Gasteiger partial charge in [0.15, 0.2) is 0 Å². The minimum Gasteiger partial charge on any atom is -0.497 e. The molecule has 0 aliphatic heterocycles. The van der Waals surface area contributed by atoms with Crippen molar-refractivity contribution in [3.8, 4) is 5.75 Å². The van der Waals surface area contributed by atoms with Gasteiger partial charge in [0.25, 0.3) is 0 Å². The van der Waals surface area contributed by atoms with E-state index in [4.69, 9.17) is 9.47 Å². The zero-order valence-corrected chi connectivity index (χ0v) is 12.2. The Morgan fingerprint density at radius 2 is 1.85 bits per heavy atom. The molecule has 0 amide bonds. The van der Waals surface area contributed by atoms with Crippen LogP contribution in [0.25, 0.3) is 0 Å². The summed E-state index contributed by atoms with van der Waals surface area (Å²) in [5, 5.41) is 0. The molecule has 0 aliphatic carbocycles. The number of benzene rings is 1. The van der Waals surface area contributed by atoms with Crippen molar-refractivity contribution in [3.63, 3.8) is 0 Å². The minimum absolute atomic E-state index is 0.151. The molecule has 0 aliphatic rings. The summed E-state index contributed by atoms with van der Waals surface area (Å²) in [5.74, 6) is 0.187. The molecule has 0 radical (unpaired) electrons. The normalized spacial score (nSPS) is 10.4. The van der Waals surface area contributed by atoms with Crippen molar-refractivity contribution in [2.45, 2.75) is 19.9 Å². The number of nitrogens with zero attached hydrogens (tertiary/aromatic N) is 1. The molecular formula is C15H21NO4. The first kappa shape index (κ1) is 16.2. The summed E-state index contributed by atoms with van der Waals surface area (Å²) in [7, 11) is 3.58. The number of rotatable bonds is 8. The van der Waals surface area contributed by atoms with Crippen LogP contribution < -0.4 is 4.74 Å². The van der Waals surface area contributed by atoms with E-state index in [9.17, 15) is 9.59 Å². The van der Waals surface area contributed by atoms with Gasteiger partial charge < -0.3 is 9.47 Å². The zero-order chi connectivity index (χ0) is 15.0. The van der Waals surface area contributed by atoms with Crippen LogP contribution in [0.15, 0.2) is 24.3 Å². The van der Waals surface area contributed by atoms with Gasteiger partial charge in [-0.3, -0.25) is 14.5 Å². The van der Waals surface area contributed by atoms with E-state index in [1.165, 1.54) is 6.92 Å². The molecule has 0 saturated heterocycles. The van der Waals surface area contributed by atoms with E-state index in [2.05, 4.69) is 0 Å². The minimum atomic E-state index is -0.463. The number of hydrogen-bond acceptors (Lipinski definition) is 5. The molecule has 110 valence electrons. The number of carbonyl (C=O) groups is 2. The predicted molar refractivity (Wildman–Crippen MR) is 75.6 cm³/mol. The van der Waals surface area contributed by atoms with Crippen molar-refractivity contribution in [3.05, 3.63) is 29.8 Å². The van der Waals surface area contributed by atoms with Gasteiger partial charge in [-0.15, -0.1) is 0 Å². The smallest absolute Gasteiger partial charge is 0.313 e. The monoisotopic (exact) mass is 279 g/mol. The van der Waals surface area contributed by atoms with Gasteiger partial charge in [-0.1, -0.05) is 12.1 Å². The Morgan fingerprint density at radius 1 is 1.20 bits per heavy atom. The fourth-order valence-electron chi connectivity index (χ4n) is 1.69. The second-order valence-electron chi connectivity index (χ2n) is 4.69. The number of Topliss-reactive ketones (excluding diaryl/α,β-unsaturated/α-hetero) is 1. The van der Waals surface area contributed by atoms with E-state index < -0.39 is 5.97 Å². The standard InChI is InChI=1S/C15H21NO4/c1-12(17)10-15(18)20-9-8-16(2)11-13-4-6-14(19-3)7-5-13/h4-7H,8-11H2,1-3H3. The molecule has 0 heterocycles. The number of ketones is 1. The molecule has 0 spiro atoms. The molecular weight excluding hydrogens is 258 g/mol. The fourth-order valence-corrected chi connectivity index (χ4v) is 1.69. The van der Waals surface area contributed by atoms with Crippen molar-refractivity contribution < 1.29 is 19.1 Å². The third kappa shape index (κ3) is 6.33. The van der Waals surface area contributed by atoms with Crippen LogP contribution in [0, 0.1) is 0 Å². The van der Waals surface area contributed by atoms with Gasteiger partial charge in [0.05, 0.1) is 7.11 Å². The summed E-state index contributed by atoms with van der Waals surface area (Å²) in [5.41, 5.74) is 1.16. The first-order chi connectivity index (χ1) is 9.51. The number of methoxy groups -OCH3 is 1. The van der Waals surface area contributed by atoms with E-state index in [0.717, 1.165) is 17.9 Å².